The summed E-state index contributed by atoms with van der Waals surface area (Å²) in [6.45, 7) is 12.4. The van der Waals surface area contributed by atoms with Crippen LogP contribution in [0.15, 0.2) is 16.8 Å². The summed E-state index contributed by atoms with van der Waals surface area (Å²) in [7, 11) is 2.14. The number of hydrogen-bond acceptors (Lipinski definition) is 8. The van der Waals surface area contributed by atoms with Crippen LogP contribution in [0.4, 0.5) is 8.78 Å². The quantitative estimate of drug-likeness (QED) is 0.323. The Balaban J connectivity index is 1.48. The number of piperazine rings is 2. The number of halogens is 2. The topological polar surface area (TPSA) is 101 Å². The third kappa shape index (κ3) is 8.46. The minimum Gasteiger partial charge on any atom is -0.372 e. The minimum absolute atomic E-state index is 0.00337. The van der Waals surface area contributed by atoms with Gasteiger partial charge in [0.1, 0.15) is 18.3 Å². The molecular formula is C30H54F2N8O. The number of fused-ring (bicyclic) bond motifs is 1. The van der Waals surface area contributed by atoms with Gasteiger partial charge in [-0.25, -0.2) is 8.78 Å². The molecule has 0 aromatic rings. The second kappa shape index (κ2) is 15.2. The number of piperidine rings is 1. The smallest absolute Gasteiger partial charge is 0.232 e. The molecule has 4 rings (SSSR count). The van der Waals surface area contributed by atoms with E-state index in [0.29, 0.717) is 18.3 Å². The largest absolute Gasteiger partial charge is 0.372 e. The lowest BCUT2D eigenvalue weighted by atomic mass is 9.92. The summed E-state index contributed by atoms with van der Waals surface area (Å²) in [5, 5.41) is 9.71. The van der Waals surface area contributed by atoms with Crippen LogP contribution < -0.4 is 21.7 Å². The van der Waals surface area contributed by atoms with E-state index in [0.717, 1.165) is 70.6 Å². The van der Waals surface area contributed by atoms with E-state index < -0.39 is 36.5 Å². The van der Waals surface area contributed by atoms with Crippen molar-refractivity contribution >= 4 is 11.6 Å². The maximum atomic E-state index is 15.6. The van der Waals surface area contributed by atoms with Crippen LogP contribution in [-0.2, 0) is 4.79 Å². The molecule has 11 heteroatoms. The van der Waals surface area contributed by atoms with E-state index in [1.54, 1.807) is 6.92 Å². The first-order chi connectivity index (χ1) is 19.7. The fourth-order valence-electron chi connectivity index (χ4n) is 6.99. The van der Waals surface area contributed by atoms with Gasteiger partial charge in [-0.3, -0.25) is 19.6 Å². The molecule has 3 saturated heterocycles. The predicted molar refractivity (Wildman–Crippen MR) is 161 cm³/mol. The van der Waals surface area contributed by atoms with Crippen molar-refractivity contribution in [1.29, 1.82) is 0 Å². The lowest BCUT2D eigenvalue weighted by molar-refractivity contribution is -0.125. The van der Waals surface area contributed by atoms with Crippen LogP contribution in [0.3, 0.4) is 0 Å². The van der Waals surface area contributed by atoms with Gasteiger partial charge in [0, 0.05) is 76.2 Å². The summed E-state index contributed by atoms with van der Waals surface area (Å²) in [6.07, 6.45) is 3.53. The zero-order valence-electron chi connectivity index (χ0n) is 25.6. The van der Waals surface area contributed by atoms with Crippen LogP contribution in [0, 0.1) is 11.8 Å². The van der Waals surface area contributed by atoms with Gasteiger partial charge in [-0.15, -0.1) is 0 Å². The molecule has 0 aromatic heterocycles. The molecule has 4 heterocycles. The summed E-state index contributed by atoms with van der Waals surface area (Å²) >= 11 is 0. The summed E-state index contributed by atoms with van der Waals surface area (Å²) < 4.78 is 30.3. The number of likely N-dealkylation sites (N-methyl/N-ethyl adjacent to an activating group) is 1. The van der Waals surface area contributed by atoms with E-state index >= 15 is 4.39 Å². The Labute approximate surface area is 245 Å². The number of nitrogens with zero attached hydrogens (tertiary/aromatic N) is 4. The molecule has 0 saturated carbocycles. The molecule has 8 unspecified atom stereocenters. The Kier molecular flexibility index (Phi) is 11.9. The summed E-state index contributed by atoms with van der Waals surface area (Å²) in [4.78, 5) is 25.4. The van der Waals surface area contributed by atoms with Crippen molar-refractivity contribution in [3.8, 4) is 0 Å². The van der Waals surface area contributed by atoms with Gasteiger partial charge in [-0.05, 0) is 26.3 Å². The second-order valence-electron chi connectivity index (χ2n) is 12.7. The lowest BCUT2D eigenvalue weighted by Crippen LogP contribution is -2.70. The van der Waals surface area contributed by atoms with Gasteiger partial charge in [-0.1, -0.05) is 39.2 Å². The number of amides is 1. The molecule has 3 fully saturated rings. The molecule has 5 N–H and O–H groups in total. The van der Waals surface area contributed by atoms with E-state index in [2.05, 4.69) is 56.5 Å². The molecular weight excluding hydrogens is 526 g/mol. The van der Waals surface area contributed by atoms with Gasteiger partial charge in [0.05, 0.1) is 24.8 Å². The Morgan fingerprint density at radius 1 is 1.17 bits per heavy atom. The number of carbonyl (C=O) groups excluding carboxylic acids is 1. The Morgan fingerprint density at radius 2 is 1.93 bits per heavy atom. The third-order valence-electron chi connectivity index (χ3n) is 9.49. The number of allylic oxidation sites excluding steroid dienone is 2. The SMILES string of the molecule is CCCCCC(C)/C1=C/CC(F)C/N=C(\C)C(C(=O)NC2CNCC(F)C2N2CCN3CCN(C)CC3C2)C(N)N1. The number of carbonyl (C=O) groups is 1. The molecule has 4 aliphatic heterocycles. The van der Waals surface area contributed by atoms with E-state index in [9.17, 15) is 9.18 Å². The molecule has 4 aliphatic rings. The average Bonchev–Trinajstić information content (AvgIpc) is 2.93. The number of unbranched alkanes of at least 4 members (excludes halogenated alkanes) is 2. The predicted octanol–water partition coefficient (Wildman–Crippen LogP) is 1.51. The molecule has 8 atom stereocenters. The first kappa shape index (κ1) is 32.3. The fraction of sp³-hybridized carbons (Fsp3) is 0.867. The minimum atomic E-state index is -1.13. The van der Waals surface area contributed by atoms with Crippen molar-refractivity contribution in [3.63, 3.8) is 0 Å². The standard InChI is InChI=1S/C30H54F2N8O/c1-5-6-7-8-20(2)25-10-9-22(31)15-35-21(3)27(29(33)36-25)30(41)37-26-17-34-16-24(32)28(26)40-14-13-39-12-11-38(4)18-23(39)19-40/h10,20,22-24,26-29,34,36H,5-9,11-19,33H2,1-4H3,(H,37,41)/b25-10-,35-21+. The summed E-state index contributed by atoms with van der Waals surface area (Å²) in [5.41, 5.74) is 8.07. The van der Waals surface area contributed by atoms with Crippen LogP contribution >= 0.6 is 0 Å². The fourth-order valence-corrected chi connectivity index (χ4v) is 6.99. The highest BCUT2D eigenvalue weighted by Crippen LogP contribution is 2.24. The van der Waals surface area contributed by atoms with Crippen molar-refractivity contribution in [2.75, 3.05) is 66.0 Å². The summed E-state index contributed by atoms with van der Waals surface area (Å²) in [5.74, 6) is -0.907. The van der Waals surface area contributed by atoms with Crippen molar-refractivity contribution in [3.05, 3.63) is 11.8 Å². The number of rotatable bonds is 8. The molecule has 0 spiro atoms. The highest BCUT2D eigenvalue weighted by atomic mass is 19.1. The normalized spacial score (nSPS) is 38.0. The maximum absolute atomic E-state index is 15.6. The highest BCUT2D eigenvalue weighted by Gasteiger charge is 2.43. The average molecular weight is 581 g/mol. The number of alkyl halides is 2. The molecule has 0 aliphatic carbocycles. The Bertz CT molecular complexity index is 919. The van der Waals surface area contributed by atoms with Crippen LogP contribution in [0.1, 0.15) is 52.9 Å². The second-order valence-corrected chi connectivity index (χ2v) is 12.7. The lowest BCUT2D eigenvalue weighted by Gasteiger charge is -2.51. The summed E-state index contributed by atoms with van der Waals surface area (Å²) in [6, 6.07) is -0.462. The van der Waals surface area contributed by atoms with Gasteiger partial charge in [0.25, 0.3) is 0 Å². The van der Waals surface area contributed by atoms with Crippen LogP contribution in [0.5, 0.6) is 0 Å². The molecule has 1 amide bonds. The van der Waals surface area contributed by atoms with E-state index in [1.807, 2.05) is 6.08 Å². The van der Waals surface area contributed by atoms with Gasteiger partial charge in [0.2, 0.25) is 5.91 Å². The monoisotopic (exact) mass is 580 g/mol. The zero-order valence-corrected chi connectivity index (χ0v) is 25.6. The molecule has 9 nitrogen and oxygen atoms in total. The van der Waals surface area contributed by atoms with Crippen molar-refractivity contribution in [2.24, 2.45) is 22.6 Å². The first-order valence-electron chi connectivity index (χ1n) is 15.9. The Hall–Kier alpha value is -1.66. The van der Waals surface area contributed by atoms with Gasteiger partial charge in [-0.2, -0.15) is 0 Å². The third-order valence-corrected chi connectivity index (χ3v) is 9.49. The van der Waals surface area contributed by atoms with Crippen LogP contribution in [0.2, 0.25) is 0 Å². The molecule has 234 valence electrons. The Morgan fingerprint density at radius 3 is 2.71 bits per heavy atom. The number of aliphatic imine (C=N–C) groups is 1. The van der Waals surface area contributed by atoms with Gasteiger partial charge in [0.15, 0.2) is 0 Å². The zero-order chi connectivity index (χ0) is 29.5. The van der Waals surface area contributed by atoms with E-state index in [1.165, 1.54) is 0 Å². The van der Waals surface area contributed by atoms with Crippen molar-refractivity contribution in [2.45, 2.75) is 89.5 Å². The van der Waals surface area contributed by atoms with Crippen LogP contribution in [-0.4, -0.2) is 129 Å². The van der Waals surface area contributed by atoms with Gasteiger partial charge >= 0.3 is 0 Å². The highest BCUT2D eigenvalue weighted by molar-refractivity contribution is 6.04. The van der Waals surface area contributed by atoms with Crippen LogP contribution in [0.25, 0.3) is 0 Å². The van der Waals surface area contributed by atoms with E-state index in [-0.39, 0.29) is 31.3 Å². The maximum Gasteiger partial charge on any atom is 0.232 e. The number of nitrogens with two attached hydrogens (primary N) is 1. The molecule has 41 heavy (non-hydrogen) atoms. The molecule has 0 radical (unpaired) electrons. The van der Waals surface area contributed by atoms with Crippen molar-refractivity contribution in [1.82, 2.24) is 30.7 Å². The number of nitrogens with one attached hydrogen (secondary N) is 3. The molecule has 0 bridgehead atoms. The van der Waals surface area contributed by atoms with E-state index in [4.69, 9.17) is 5.73 Å². The molecule has 0 aromatic carbocycles. The van der Waals surface area contributed by atoms with Crippen molar-refractivity contribution < 1.29 is 13.6 Å². The first-order valence-corrected chi connectivity index (χ1v) is 15.9. The number of hydrogen-bond donors (Lipinski definition) is 4. The van der Waals surface area contributed by atoms with Gasteiger partial charge < -0.3 is 26.6 Å².